The number of halogens is 2. The van der Waals surface area contributed by atoms with Crippen LogP contribution in [-0.4, -0.2) is 48.6 Å². The summed E-state index contributed by atoms with van der Waals surface area (Å²) in [6.45, 7) is 9.47. The first kappa shape index (κ1) is 21.2. The predicted octanol–water partition coefficient (Wildman–Crippen LogP) is 4.01. The molecule has 142 valence electrons. The lowest BCUT2D eigenvalue weighted by Crippen LogP contribution is -2.52. The van der Waals surface area contributed by atoms with E-state index in [1.807, 2.05) is 24.4 Å². The molecule has 1 saturated heterocycles. The number of hydrogen-bond donors (Lipinski definition) is 1. The van der Waals surface area contributed by atoms with Crippen LogP contribution in [0.25, 0.3) is 0 Å². The molecule has 1 aliphatic heterocycles. The molecule has 0 aliphatic carbocycles. The summed E-state index contributed by atoms with van der Waals surface area (Å²) >= 11 is 7.82. The second kappa shape index (κ2) is 10.3. The molecule has 1 aromatic heterocycles. The van der Waals surface area contributed by atoms with Gasteiger partial charge in [0.15, 0.2) is 5.96 Å². The van der Waals surface area contributed by atoms with Crippen LogP contribution in [0.15, 0.2) is 35.5 Å². The summed E-state index contributed by atoms with van der Waals surface area (Å²) in [5.41, 5.74) is 1.19. The van der Waals surface area contributed by atoms with Crippen LogP contribution in [-0.2, 0) is 6.54 Å². The quantitative estimate of drug-likeness (QED) is 0.387. The lowest BCUT2D eigenvalue weighted by Gasteiger charge is -2.37. The summed E-state index contributed by atoms with van der Waals surface area (Å²) in [5.74, 6) is 0.973. The molecular formula is C18H25ClIN5S. The SMILES string of the molecule is CCNC(=NCc1ncc(C)s1)N1CCN(c2cccc(Cl)c2)CC1.I. The second-order valence-electron chi connectivity index (χ2n) is 5.99. The molecule has 1 fully saturated rings. The molecule has 2 heterocycles. The van der Waals surface area contributed by atoms with E-state index in [9.17, 15) is 0 Å². The number of nitrogens with zero attached hydrogens (tertiary/aromatic N) is 4. The van der Waals surface area contributed by atoms with Crippen molar-refractivity contribution >= 4 is 58.6 Å². The lowest BCUT2D eigenvalue weighted by atomic mass is 10.2. The van der Waals surface area contributed by atoms with Crippen LogP contribution in [0.1, 0.15) is 16.8 Å². The Labute approximate surface area is 181 Å². The van der Waals surface area contributed by atoms with Gasteiger partial charge in [-0.05, 0) is 32.0 Å². The Balaban J connectivity index is 0.00000243. The van der Waals surface area contributed by atoms with Gasteiger partial charge in [0.25, 0.3) is 0 Å². The molecule has 5 nitrogen and oxygen atoms in total. The Bertz CT molecular complexity index is 728. The van der Waals surface area contributed by atoms with Gasteiger partial charge in [0.1, 0.15) is 5.01 Å². The predicted molar refractivity (Wildman–Crippen MR) is 122 cm³/mol. The molecule has 2 aromatic rings. The number of aryl methyl sites for hydroxylation is 1. The smallest absolute Gasteiger partial charge is 0.194 e. The molecule has 0 amide bonds. The van der Waals surface area contributed by atoms with Gasteiger partial charge in [-0.1, -0.05) is 17.7 Å². The Hall–Kier alpha value is -1.06. The number of guanidine groups is 1. The minimum absolute atomic E-state index is 0. The van der Waals surface area contributed by atoms with Crippen LogP contribution >= 0.6 is 46.9 Å². The van der Waals surface area contributed by atoms with Crippen LogP contribution in [0.2, 0.25) is 5.02 Å². The minimum atomic E-state index is 0. The largest absolute Gasteiger partial charge is 0.368 e. The number of benzene rings is 1. The molecule has 8 heteroatoms. The first-order valence-electron chi connectivity index (χ1n) is 8.61. The first-order valence-corrected chi connectivity index (χ1v) is 9.80. The zero-order valence-electron chi connectivity index (χ0n) is 15.1. The Morgan fingerprint density at radius 1 is 1.31 bits per heavy atom. The number of nitrogens with one attached hydrogen (secondary N) is 1. The number of piperazine rings is 1. The lowest BCUT2D eigenvalue weighted by molar-refractivity contribution is 0.372. The molecule has 1 aromatic carbocycles. The molecule has 1 N–H and O–H groups in total. The van der Waals surface area contributed by atoms with Crippen LogP contribution in [0, 0.1) is 6.92 Å². The molecule has 3 rings (SSSR count). The van der Waals surface area contributed by atoms with E-state index in [0.717, 1.165) is 48.7 Å². The highest BCUT2D eigenvalue weighted by Crippen LogP contribution is 2.21. The van der Waals surface area contributed by atoms with Gasteiger partial charge in [-0.15, -0.1) is 35.3 Å². The molecule has 0 saturated carbocycles. The fraction of sp³-hybridized carbons (Fsp3) is 0.444. The van der Waals surface area contributed by atoms with E-state index in [1.54, 1.807) is 11.3 Å². The topological polar surface area (TPSA) is 43.8 Å². The average molecular weight is 506 g/mol. The van der Waals surface area contributed by atoms with Gasteiger partial charge in [0.2, 0.25) is 0 Å². The highest BCUT2D eigenvalue weighted by atomic mass is 127. The van der Waals surface area contributed by atoms with Crippen molar-refractivity contribution in [2.75, 3.05) is 37.6 Å². The summed E-state index contributed by atoms with van der Waals surface area (Å²) in [7, 11) is 0. The van der Waals surface area contributed by atoms with E-state index in [4.69, 9.17) is 16.6 Å². The van der Waals surface area contributed by atoms with Crippen LogP contribution in [0.3, 0.4) is 0 Å². The Morgan fingerprint density at radius 3 is 2.69 bits per heavy atom. The average Bonchev–Trinajstić information content (AvgIpc) is 3.04. The van der Waals surface area contributed by atoms with Crippen LogP contribution in [0.4, 0.5) is 5.69 Å². The monoisotopic (exact) mass is 505 g/mol. The third kappa shape index (κ3) is 5.72. The highest BCUT2D eigenvalue weighted by molar-refractivity contribution is 14.0. The highest BCUT2D eigenvalue weighted by Gasteiger charge is 2.20. The molecule has 0 bridgehead atoms. The molecular weight excluding hydrogens is 481 g/mol. The number of thiazole rings is 1. The number of aromatic nitrogens is 1. The summed E-state index contributed by atoms with van der Waals surface area (Å²) in [6, 6.07) is 8.07. The summed E-state index contributed by atoms with van der Waals surface area (Å²) in [5, 5.41) is 5.25. The summed E-state index contributed by atoms with van der Waals surface area (Å²) in [4.78, 5) is 15.1. The van der Waals surface area contributed by atoms with Gasteiger partial charge in [-0.2, -0.15) is 0 Å². The maximum Gasteiger partial charge on any atom is 0.194 e. The fourth-order valence-corrected chi connectivity index (χ4v) is 3.79. The zero-order valence-corrected chi connectivity index (χ0v) is 19.0. The molecule has 1 aliphatic rings. The van der Waals surface area contributed by atoms with Crippen molar-refractivity contribution in [2.45, 2.75) is 20.4 Å². The van der Waals surface area contributed by atoms with Gasteiger partial charge in [0, 0.05) is 54.5 Å². The van der Waals surface area contributed by atoms with Gasteiger partial charge < -0.3 is 15.1 Å². The fourth-order valence-electron chi connectivity index (χ4n) is 2.89. The van der Waals surface area contributed by atoms with Gasteiger partial charge in [0.05, 0.1) is 6.54 Å². The number of anilines is 1. The van der Waals surface area contributed by atoms with Crippen molar-refractivity contribution in [2.24, 2.45) is 4.99 Å². The van der Waals surface area contributed by atoms with E-state index in [0.29, 0.717) is 6.54 Å². The van der Waals surface area contributed by atoms with Crippen LogP contribution < -0.4 is 10.2 Å². The van der Waals surface area contributed by atoms with E-state index in [1.165, 1.54) is 10.6 Å². The third-order valence-electron chi connectivity index (χ3n) is 4.12. The van der Waals surface area contributed by atoms with Crippen molar-refractivity contribution in [1.82, 2.24) is 15.2 Å². The normalized spacial score (nSPS) is 15.0. The van der Waals surface area contributed by atoms with E-state index >= 15 is 0 Å². The first-order chi connectivity index (χ1) is 12.2. The summed E-state index contributed by atoms with van der Waals surface area (Å²) in [6.07, 6.45) is 1.91. The van der Waals surface area contributed by atoms with Crippen molar-refractivity contribution in [3.8, 4) is 0 Å². The van der Waals surface area contributed by atoms with Crippen molar-refractivity contribution in [3.63, 3.8) is 0 Å². The van der Waals surface area contributed by atoms with Gasteiger partial charge >= 0.3 is 0 Å². The molecule has 0 radical (unpaired) electrons. The van der Waals surface area contributed by atoms with E-state index in [2.05, 4.69) is 40.0 Å². The molecule has 26 heavy (non-hydrogen) atoms. The molecule has 0 unspecified atom stereocenters. The number of hydrogen-bond acceptors (Lipinski definition) is 4. The molecule has 0 spiro atoms. The van der Waals surface area contributed by atoms with Crippen molar-refractivity contribution in [1.29, 1.82) is 0 Å². The zero-order chi connectivity index (χ0) is 17.6. The Kier molecular flexibility index (Phi) is 8.43. The van der Waals surface area contributed by atoms with Gasteiger partial charge in [-0.3, -0.25) is 0 Å². The molecule has 0 atom stereocenters. The number of aliphatic imine (C=N–C) groups is 1. The van der Waals surface area contributed by atoms with Crippen molar-refractivity contribution < 1.29 is 0 Å². The standard InChI is InChI=1S/C18H24ClN5S.HI/c1-3-20-18(22-13-17-21-12-14(2)25-17)24-9-7-23(8-10-24)16-6-4-5-15(19)11-16;/h4-6,11-12H,3,7-10,13H2,1-2H3,(H,20,22);1H. The maximum atomic E-state index is 6.11. The number of rotatable bonds is 4. The van der Waals surface area contributed by atoms with Crippen molar-refractivity contribution in [3.05, 3.63) is 45.4 Å². The van der Waals surface area contributed by atoms with Crippen LogP contribution in [0.5, 0.6) is 0 Å². The maximum absolute atomic E-state index is 6.11. The van der Waals surface area contributed by atoms with Gasteiger partial charge in [-0.25, -0.2) is 9.98 Å². The van der Waals surface area contributed by atoms with E-state index < -0.39 is 0 Å². The Morgan fingerprint density at radius 2 is 2.08 bits per heavy atom. The summed E-state index contributed by atoms with van der Waals surface area (Å²) < 4.78 is 0. The van der Waals surface area contributed by atoms with E-state index in [-0.39, 0.29) is 24.0 Å². The minimum Gasteiger partial charge on any atom is -0.368 e. The third-order valence-corrected chi connectivity index (χ3v) is 5.25. The second-order valence-corrected chi connectivity index (χ2v) is 7.74.